The zero-order chi connectivity index (χ0) is 3.58. The molecule has 4 nitrogen and oxygen atoms in total. The van der Waals surface area contributed by atoms with Gasteiger partial charge >= 0.3 is 46.9 Å². The fraction of sp³-hybridized carbons (Fsp3) is 0. The van der Waals surface area contributed by atoms with E-state index in [0.717, 1.165) is 0 Å². The molecule has 0 aliphatic rings. The van der Waals surface area contributed by atoms with E-state index in [-0.39, 0.29) is 52.4 Å². The summed E-state index contributed by atoms with van der Waals surface area (Å²) >= 11 is 0. The van der Waals surface area contributed by atoms with Crippen LogP contribution in [0.5, 0.6) is 0 Å². The summed E-state index contributed by atoms with van der Waals surface area (Å²) in [6, 6.07) is 0. The van der Waals surface area contributed by atoms with Crippen LogP contribution in [-0.4, -0.2) is 11.6 Å². The van der Waals surface area contributed by atoms with Crippen molar-refractivity contribution >= 4 is 6.16 Å². The minimum absolute atomic E-state index is 0. The molecule has 0 heterocycles. The number of rotatable bonds is 0. The smallest absolute Gasteiger partial charge is 0.870 e. The quantitative estimate of drug-likeness (QED) is 0.323. The van der Waals surface area contributed by atoms with Crippen LogP contribution in [-0.2, 0) is 17.4 Å². The van der Waals surface area contributed by atoms with Gasteiger partial charge in [-0.2, -0.15) is 0 Å². The molecule has 0 aliphatic heterocycles. The van der Waals surface area contributed by atoms with Crippen molar-refractivity contribution in [3.05, 3.63) is 0 Å². The number of hydrogen-bond acceptors (Lipinski definition) is 4. The molecule has 0 aromatic carbocycles. The Labute approximate surface area is 73.3 Å². The molecule has 0 saturated heterocycles. The van der Waals surface area contributed by atoms with Crippen LogP contribution in [0.4, 0.5) is 4.79 Å². The summed E-state index contributed by atoms with van der Waals surface area (Å²) in [7, 11) is 0. The van der Waals surface area contributed by atoms with Crippen molar-refractivity contribution in [1.29, 1.82) is 0 Å². The summed E-state index contributed by atoms with van der Waals surface area (Å²) in [6.07, 6.45) is -2.33. The van der Waals surface area contributed by atoms with Gasteiger partial charge in [-0.05, 0) is 6.16 Å². The van der Waals surface area contributed by atoms with Crippen LogP contribution in [0.1, 0.15) is 0 Å². The summed E-state index contributed by atoms with van der Waals surface area (Å²) in [6.45, 7) is 0. The van der Waals surface area contributed by atoms with Gasteiger partial charge in [-0.3, -0.25) is 0 Å². The molecule has 0 saturated carbocycles. The first-order valence-electron chi connectivity index (χ1n) is 0.612. The van der Waals surface area contributed by atoms with Crippen LogP contribution >= 0.6 is 0 Å². The molecule has 0 bridgehead atoms. The van der Waals surface area contributed by atoms with E-state index in [4.69, 9.17) is 15.0 Å². The van der Waals surface area contributed by atoms with Crippen molar-refractivity contribution in [3.8, 4) is 0 Å². The molecular weight excluding hydrogens is 151 g/mol. The first kappa shape index (κ1) is 25.1. The first-order chi connectivity index (χ1) is 1.73. The van der Waals surface area contributed by atoms with Gasteiger partial charge in [0.05, 0.1) is 0 Å². The Morgan fingerprint density at radius 1 is 1.29 bits per heavy atom. The zero-order valence-corrected chi connectivity index (χ0v) is 6.86. The average molecular weight is 152 g/mol. The van der Waals surface area contributed by atoms with E-state index in [2.05, 4.69) is 0 Å². The summed E-state index contributed by atoms with van der Waals surface area (Å²) in [5.74, 6) is 0. The Hall–Kier alpha value is 0.762. The molecule has 0 spiro atoms. The van der Waals surface area contributed by atoms with Gasteiger partial charge < -0.3 is 20.5 Å². The van der Waals surface area contributed by atoms with Crippen molar-refractivity contribution in [1.82, 2.24) is 0 Å². The molecule has 7 heavy (non-hydrogen) atoms. The Bertz CT molecular complexity index is 34.7. The number of carboxylic acid groups (broad SMARTS) is 2. The van der Waals surface area contributed by atoms with Gasteiger partial charge in [0.15, 0.2) is 0 Å². The first-order valence-corrected chi connectivity index (χ1v) is 0.612. The maximum Gasteiger partial charge on any atom is 3.00 e. The zero-order valence-electron chi connectivity index (χ0n) is 3.58. The Balaban J connectivity index is -0.0000000150. The molecule has 1 N–H and O–H groups in total. The van der Waals surface area contributed by atoms with E-state index in [0.29, 0.717) is 0 Å². The van der Waals surface area contributed by atoms with Crippen molar-refractivity contribution in [2.75, 3.05) is 0 Å². The second-order valence-corrected chi connectivity index (χ2v) is 0.250. The van der Waals surface area contributed by atoms with Gasteiger partial charge in [0, 0.05) is 0 Å². The van der Waals surface area contributed by atoms with Crippen molar-refractivity contribution in [2.24, 2.45) is 0 Å². The monoisotopic (exact) mass is 152 g/mol. The molecule has 35 valence electrons. The number of carbonyl (C=O) groups is 1. The molecule has 0 atom stereocenters. The second-order valence-electron chi connectivity index (χ2n) is 0.250. The average Bonchev–Trinajstić information content (AvgIpc) is 0.811. The third-order valence-electron chi connectivity index (χ3n) is 0. The van der Waals surface area contributed by atoms with E-state index in [1.165, 1.54) is 0 Å². The van der Waals surface area contributed by atoms with Gasteiger partial charge in [0.1, 0.15) is 0 Å². The van der Waals surface area contributed by atoms with E-state index in [1.54, 1.807) is 0 Å². The molecule has 0 fully saturated rings. The fourth-order valence-electron chi connectivity index (χ4n) is 0. The van der Waals surface area contributed by atoms with Gasteiger partial charge in [-0.25, -0.2) is 0 Å². The van der Waals surface area contributed by atoms with E-state index >= 15 is 0 Å². The molecular formula is CHCrNaO4+. The molecule has 0 aliphatic carbocycles. The SMILES string of the molecule is O=C([O-])[O-].[Cr+3].[Na+].[OH-]. The van der Waals surface area contributed by atoms with E-state index in [9.17, 15) is 0 Å². The molecule has 6 heteroatoms. The molecule has 0 rings (SSSR count). The Kier molecular flexibility index (Phi) is 56.8. The van der Waals surface area contributed by atoms with Crippen LogP contribution in [0.2, 0.25) is 0 Å². The van der Waals surface area contributed by atoms with Crippen molar-refractivity contribution in [3.63, 3.8) is 0 Å². The standard InChI is InChI=1S/CH2O3.Cr.Na.H2O/c2-1(3)4;;;/h(H2,2,3,4);;;1H2/q;+3;+1;/p-3. The molecule has 0 aromatic rings. The Morgan fingerprint density at radius 2 is 1.29 bits per heavy atom. The summed E-state index contributed by atoms with van der Waals surface area (Å²) in [5.41, 5.74) is 0. The van der Waals surface area contributed by atoms with E-state index in [1.807, 2.05) is 0 Å². The summed E-state index contributed by atoms with van der Waals surface area (Å²) < 4.78 is 0. The Morgan fingerprint density at radius 3 is 1.29 bits per heavy atom. The van der Waals surface area contributed by atoms with Gasteiger partial charge in [-0.15, -0.1) is 0 Å². The van der Waals surface area contributed by atoms with Crippen LogP contribution in [0.3, 0.4) is 0 Å². The molecule has 0 aromatic heterocycles. The predicted molar refractivity (Wildman–Crippen MR) is 7.33 cm³/mol. The van der Waals surface area contributed by atoms with Crippen molar-refractivity contribution in [2.45, 2.75) is 0 Å². The third-order valence-corrected chi connectivity index (χ3v) is 0. The normalized spacial score (nSPS) is 3.43. The molecule has 0 amide bonds. The van der Waals surface area contributed by atoms with Gasteiger partial charge in [0.2, 0.25) is 0 Å². The van der Waals surface area contributed by atoms with Crippen LogP contribution in [0.25, 0.3) is 0 Å². The third kappa shape index (κ3) is 264. The van der Waals surface area contributed by atoms with Crippen LogP contribution < -0.4 is 39.8 Å². The van der Waals surface area contributed by atoms with Crippen LogP contribution in [0.15, 0.2) is 0 Å². The fourth-order valence-corrected chi connectivity index (χ4v) is 0. The number of hydrogen-bond donors (Lipinski definition) is 0. The van der Waals surface area contributed by atoms with Crippen LogP contribution in [0, 0.1) is 0 Å². The maximum absolute atomic E-state index is 8.33. The topological polar surface area (TPSA) is 93.2 Å². The van der Waals surface area contributed by atoms with Gasteiger partial charge in [0.25, 0.3) is 0 Å². The maximum atomic E-state index is 8.33. The minimum atomic E-state index is -2.33. The summed E-state index contributed by atoms with van der Waals surface area (Å²) in [4.78, 5) is 8.33. The molecule has 1 radical (unpaired) electrons. The second kappa shape index (κ2) is 15.9. The van der Waals surface area contributed by atoms with Crippen molar-refractivity contribution < 1.29 is 67.4 Å². The molecule has 0 unspecified atom stereocenters. The number of carbonyl (C=O) groups excluding carboxylic acids is 1. The minimum Gasteiger partial charge on any atom is -0.870 e. The van der Waals surface area contributed by atoms with Gasteiger partial charge in [-0.1, -0.05) is 0 Å². The summed E-state index contributed by atoms with van der Waals surface area (Å²) in [5, 5.41) is 16.7. The van der Waals surface area contributed by atoms with E-state index < -0.39 is 6.16 Å². The largest absolute Gasteiger partial charge is 3.00 e. The predicted octanol–water partition coefficient (Wildman–Crippen LogP) is -5.62.